The first-order chi connectivity index (χ1) is 11.8. The van der Waals surface area contributed by atoms with Crippen LogP contribution >= 0.6 is 0 Å². The number of benzene rings is 1. The first-order valence-corrected chi connectivity index (χ1v) is 8.17. The standard InChI is InChI=1S/C20H18FN3/c21-17-8-6-16(7-9-17)20-18(14-10-12-22-13-11-14)19(23-24-20)15-4-2-1-3-5-15/h1-8,10,12-14,17H,9,11H2,(H,23,24). The van der Waals surface area contributed by atoms with Crippen molar-refractivity contribution in [1.82, 2.24) is 10.2 Å². The summed E-state index contributed by atoms with van der Waals surface area (Å²) >= 11 is 0. The summed E-state index contributed by atoms with van der Waals surface area (Å²) in [5.41, 5.74) is 5.16. The van der Waals surface area contributed by atoms with Crippen LogP contribution in [0.25, 0.3) is 16.8 Å². The van der Waals surface area contributed by atoms with Crippen LogP contribution < -0.4 is 0 Å². The van der Waals surface area contributed by atoms with Crippen molar-refractivity contribution in [3.63, 3.8) is 0 Å². The van der Waals surface area contributed by atoms with Crippen molar-refractivity contribution in [1.29, 1.82) is 0 Å². The molecule has 0 fully saturated rings. The molecule has 0 saturated heterocycles. The lowest BCUT2D eigenvalue weighted by atomic mass is 9.87. The fraction of sp³-hybridized carbons (Fsp3) is 0.200. The third-order valence-corrected chi connectivity index (χ3v) is 4.43. The molecule has 4 heteroatoms. The fourth-order valence-electron chi connectivity index (χ4n) is 3.21. The van der Waals surface area contributed by atoms with E-state index in [0.29, 0.717) is 6.42 Å². The number of nitrogens with one attached hydrogen (secondary N) is 1. The Morgan fingerprint density at radius 1 is 1.08 bits per heavy atom. The van der Waals surface area contributed by atoms with Crippen molar-refractivity contribution in [3.05, 3.63) is 72.1 Å². The second kappa shape index (κ2) is 6.40. The number of aromatic amines is 1. The number of hydrogen-bond acceptors (Lipinski definition) is 2. The minimum Gasteiger partial charge on any atom is -0.277 e. The van der Waals surface area contributed by atoms with E-state index in [0.717, 1.165) is 34.5 Å². The van der Waals surface area contributed by atoms with Gasteiger partial charge in [-0.3, -0.25) is 10.1 Å². The molecule has 2 atom stereocenters. The normalized spacial score (nSPS) is 22.6. The van der Waals surface area contributed by atoms with Gasteiger partial charge in [-0.25, -0.2) is 4.39 Å². The highest BCUT2D eigenvalue weighted by Crippen LogP contribution is 2.37. The Balaban J connectivity index is 1.83. The first-order valence-electron chi connectivity index (χ1n) is 8.17. The van der Waals surface area contributed by atoms with Crippen molar-refractivity contribution < 1.29 is 4.39 Å². The lowest BCUT2D eigenvalue weighted by Gasteiger charge is -2.17. The summed E-state index contributed by atoms with van der Waals surface area (Å²) in [6.45, 7) is 0. The van der Waals surface area contributed by atoms with E-state index in [4.69, 9.17) is 0 Å². The zero-order valence-electron chi connectivity index (χ0n) is 13.2. The molecule has 0 spiro atoms. The lowest BCUT2D eigenvalue weighted by molar-refractivity contribution is 0.402. The molecule has 2 aliphatic rings. The third-order valence-electron chi connectivity index (χ3n) is 4.43. The summed E-state index contributed by atoms with van der Waals surface area (Å²) in [6.07, 6.45) is 11.6. The topological polar surface area (TPSA) is 41.0 Å². The molecule has 3 nitrogen and oxygen atoms in total. The Labute approximate surface area is 140 Å². The lowest BCUT2D eigenvalue weighted by Crippen LogP contribution is -2.05. The number of hydrogen-bond donors (Lipinski definition) is 1. The molecule has 2 unspecified atom stereocenters. The molecule has 0 radical (unpaired) electrons. The second-order valence-electron chi connectivity index (χ2n) is 6.01. The molecule has 0 bridgehead atoms. The van der Waals surface area contributed by atoms with Gasteiger partial charge in [-0.15, -0.1) is 0 Å². The molecule has 2 heterocycles. The van der Waals surface area contributed by atoms with Crippen LogP contribution in [-0.2, 0) is 0 Å². The van der Waals surface area contributed by atoms with Gasteiger partial charge < -0.3 is 0 Å². The van der Waals surface area contributed by atoms with Crippen LogP contribution in [0, 0.1) is 0 Å². The van der Waals surface area contributed by atoms with Gasteiger partial charge in [0.1, 0.15) is 6.17 Å². The Morgan fingerprint density at radius 3 is 2.67 bits per heavy atom. The molecule has 4 rings (SSSR count). The predicted octanol–water partition coefficient (Wildman–Crippen LogP) is 4.83. The summed E-state index contributed by atoms with van der Waals surface area (Å²) in [7, 11) is 0. The first kappa shape index (κ1) is 14.8. The van der Waals surface area contributed by atoms with E-state index >= 15 is 0 Å². The maximum atomic E-state index is 13.4. The van der Waals surface area contributed by atoms with Crippen LogP contribution in [0.3, 0.4) is 0 Å². The van der Waals surface area contributed by atoms with Crippen molar-refractivity contribution in [2.45, 2.75) is 24.9 Å². The zero-order chi connectivity index (χ0) is 16.4. The number of halogens is 1. The van der Waals surface area contributed by atoms with Crippen molar-refractivity contribution in [3.8, 4) is 11.3 Å². The number of nitrogens with zero attached hydrogens (tertiary/aromatic N) is 2. The average Bonchev–Trinajstić information content (AvgIpc) is 3.09. The molecule has 1 aromatic heterocycles. The summed E-state index contributed by atoms with van der Waals surface area (Å²) in [6, 6.07) is 10.1. The average molecular weight is 319 g/mol. The van der Waals surface area contributed by atoms with Gasteiger partial charge in [-0.1, -0.05) is 48.6 Å². The van der Waals surface area contributed by atoms with Gasteiger partial charge in [0.05, 0.1) is 11.4 Å². The van der Waals surface area contributed by atoms with E-state index in [1.165, 1.54) is 0 Å². The van der Waals surface area contributed by atoms with Crippen molar-refractivity contribution in [2.75, 3.05) is 0 Å². The molecule has 0 amide bonds. The minimum absolute atomic E-state index is 0.212. The molecule has 2 aromatic rings. The fourth-order valence-corrected chi connectivity index (χ4v) is 3.21. The van der Waals surface area contributed by atoms with Gasteiger partial charge in [0, 0.05) is 35.9 Å². The van der Waals surface area contributed by atoms with Crippen LogP contribution in [0.4, 0.5) is 4.39 Å². The van der Waals surface area contributed by atoms with Crippen LogP contribution in [0.1, 0.15) is 30.0 Å². The molecule has 24 heavy (non-hydrogen) atoms. The Hall–Kier alpha value is -2.75. The van der Waals surface area contributed by atoms with Crippen molar-refractivity contribution >= 4 is 11.8 Å². The van der Waals surface area contributed by atoms with E-state index in [1.54, 1.807) is 6.08 Å². The van der Waals surface area contributed by atoms with E-state index in [2.05, 4.69) is 33.4 Å². The van der Waals surface area contributed by atoms with Gasteiger partial charge in [-0.05, 0) is 18.1 Å². The molecular weight excluding hydrogens is 301 g/mol. The molecular formula is C20H18FN3. The van der Waals surface area contributed by atoms with Crippen LogP contribution in [0.5, 0.6) is 0 Å². The smallest absolute Gasteiger partial charge is 0.122 e. The minimum atomic E-state index is -0.893. The number of alkyl halides is 1. The highest BCUT2D eigenvalue weighted by molar-refractivity contribution is 5.81. The Morgan fingerprint density at radius 2 is 1.96 bits per heavy atom. The number of allylic oxidation sites excluding steroid dienone is 5. The summed E-state index contributed by atoms with van der Waals surface area (Å²) < 4.78 is 13.4. The molecule has 1 N–H and O–H groups in total. The number of H-pyrrole nitrogens is 1. The van der Waals surface area contributed by atoms with E-state index in [-0.39, 0.29) is 5.92 Å². The number of aromatic nitrogens is 2. The predicted molar refractivity (Wildman–Crippen MR) is 95.6 cm³/mol. The van der Waals surface area contributed by atoms with Gasteiger partial charge in [0.2, 0.25) is 0 Å². The summed E-state index contributed by atoms with van der Waals surface area (Å²) in [5.74, 6) is 0.212. The maximum Gasteiger partial charge on any atom is 0.122 e. The number of rotatable bonds is 3. The van der Waals surface area contributed by atoms with E-state index in [9.17, 15) is 4.39 Å². The Bertz CT molecular complexity index is 843. The zero-order valence-corrected chi connectivity index (χ0v) is 13.2. The SMILES string of the molecule is FC1C=CC(c2[nH]nc(-c3ccccc3)c2C2C=CN=CC2)=CC1. The van der Waals surface area contributed by atoms with E-state index < -0.39 is 6.17 Å². The summed E-state index contributed by atoms with van der Waals surface area (Å²) in [5, 5.41) is 7.77. The molecule has 0 saturated carbocycles. The monoisotopic (exact) mass is 319 g/mol. The quantitative estimate of drug-likeness (QED) is 0.865. The highest BCUT2D eigenvalue weighted by atomic mass is 19.1. The molecule has 1 aromatic carbocycles. The molecule has 1 aliphatic carbocycles. The van der Waals surface area contributed by atoms with Crippen LogP contribution in [-0.4, -0.2) is 22.6 Å². The van der Waals surface area contributed by atoms with Gasteiger partial charge >= 0.3 is 0 Å². The summed E-state index contributed by atoms with van der Waals surface area (Å²) in [4.78, 5) is 4.18. The highest BCUT2D eigenvalue weighted by Gasteiger charge is 2.24. The van der Waals surface area contributed by atoms with Gasteiger partial charge in [-0.2, -0.15) is 5.10 Å². The van der Waals surface area contributed by atoms with Crippen LogP contribution in [0.15, 0.2) is 65.8 Å². The largest absolute Gasteiger partial charge is 0.277 e. The number of aliphatic imine (C=N–C) groups is 1. The van der Waals surface area contributed by atoms with E-state index in [1.807, 2.05) is 42.8 Å². The molecule has 120 valence electrons. The van der Waals surface area contributed by atoms with Gasteiger partial charge in [0.25, 0.3) is 0 Å². The third kappa shape index (κ3) is 2.75. The van der Waals surface area contributed by atoms with Crippen molar-refractivity contribution in [2.24, 2.45) is 4.99 Å². The van der Waals surface area contributed by atoms with Crippen LogP contribution in [0.2, 0.25) is 0 Å². The Kier molecular flexibility index (Phi) is 3.95. The second-order valence-corrected chi connectivity index (χ2v) is 6.01. The maximum absolute atomic E-state index is 13.4. The van der Waals surface area contributed by atoms with Gasteiger partial charge in [0.15, 0.2) is 0 Å². The molecule has 1 aliphatic heterocycles.